The molecule has 1 amide bonds. The lowest BCUT2D eigenvalue weighted by atomic mass is 10.2. The van der Waals surface area contributed by atoms with E-state index in [1.165, 1.54) is 12.8 Å². The molecular weight excluding hydrogens is 296 g/mol. The summed E-state index contributed by atoms with van der Waals surface area (Å²) in [5.41, 5.74) is 2.53. The molecule has 22 heavy (non-hydrogen) atoms. The molecule has 0 aliphatic heterocycles. The highest BCUT2D eigenvalue weighted by Crippen LogP contribution is 2.18. The molecule has 2 rings (SSSR count). The molecule has 0 atom stereocenters. The topological polar surface area (TPSA) is 32.3 Å². The Morgan fingerprint density at radius 3 is 2.32 bits per heavy atom. The summed E-state index contributed by atoms with van der Waals surface area (Å²) in [6, 6.07) is 14.7. The molecule has 0 unspecified atom stereocenters. The van der Waals surface area contributed by atoms with E-state index in [0.29, 0.717) is 10.6 Å². The Bertz CT molecular complexity index is 608. The molecule has 0 heterocycles. The van der Waals surface area contributed by atoms with Gasteiger partial charge in [-0.15, -0.1) is 0 Å². The van der Waals surface area contributed by atoms with Crippen molar-refractivity contribution in [3.8, 4) is 0 Å². The van der Waals surface area contributed by atoms with E-state index < -0.39 is 0 Å². The Labute approximate surface area is 136 Å². The van der Waals surface area contributed by atoms with Crippen LogP contribution in [-0.4, -0.2) is 19.5 Å². The predicted molar refractivity (Wildman–Crippen MR) is 94.0 cm³/mol. The number of nitrogens with zero attached hydrogens (tertiary/aromatic N) is 1. The molecule has 0 fully saturated rings. The lowest BCUT2D eigenvalue weighted by molar-refractivity contribution is 0.102. The van der Waals surface area contributed by atoms with Gasteiger partial charge in [-0.1, -0.05) is 24.9 Å². The zero-order chi connectivity index (χ0) is 15.9. The molecule has 4 heteroatoms. The highest BCUT2D eigenvalue weighted by atomic mass is 35.5. The summed E-state index contributed by atoms with van der Waals surface area (Å²) < 4.78 is 0. The minimum atomic E-state index is -0.135. The molecule has 0 saturated heterocycles. The summed E-state index contributed by atoms with van der Waals surface area (Å²) in [5, 5.41) is 3.51. The molecule has 0 spiro atoms. The molecule has 0 bridgehead atoms. The molecule has 0 aromatic heterocycles. The largest absolute Gasteiger partial charge is 0.375 e. The molecule has 2 aromatic carbocycles. The van der Waals surface area contributed by atoms with Crippen LogP contribution < -0.4 is 10.2 Å². The summed E-state index contributed by atoms with van der Waals surface area (Å²) in [7, 11) is 2.08. The third-order valence-electron chi connectivity index (χ3n) is 3.52. The van der Waals surface area contributed by atoms with Gasteiger partial charge < -0.3 is 10.2 Å². The monoisotopic (exact) mass is 316 g/mol. The number of halogens is 1. The lowest BCUT2D eigenvalue weighted by Gasteiger charge is -2.19. The minimum absolute atomic E-state index is 0.135. The van der Waals surface area contributed by atoms with Crippen molar-refractivity contribution in [2.45, 2.75) is 19.8 Å². The van der Waals surface area contributed by atoms with Gasteiger partial charge in [-0.25, -0.2) is 0 Å². The van der Waals surface area contributed by atoms with Crippen molar-refractivity contribution in [2.75, 3.05) is 23.8 Å². The summed E-state index contributed by atoms with van der Waals surface area (Å²) in [6.07, 6.45) is 2.35. The maximum absolute atomic E-state index is 12.1. The average Bonchev–Trinajstić information content (AvgIpc) is 2.54. The van der Waals surface area contributed by atoms with Crippen LogP contribution in [0.5, 0.6) is 0 Å². The number of carbonyl (C=O) groups excluding carboxylic acids is 1. The number of nitrogens with one attached hydrogen (secondary N) is 1. The highest BCUT2D eigenvalue weighted by molar-refractivity contribution is 6.30. The van der Waals surface area contributed by atoms with E-state index in [0.717, 1.165) is 17.9 Å². The number of hydrogen-bond donors (Lipinski definition) is 1. The van der Waals surface area contributed by atoms with Gasteiger partial charge in [-0.2, -0.15) is 0 Å². The predicted octanol–water partition coefficient (Wildman–Crippen LogP) is 4.83. The fourth-order valence-electron chi connectivity index (χ4n) is 2.13. The van der Waals surface area contributed by atoms with Crippen LogP contribution in [-0.2, 0) is 0 Å². The van der Waals surface area contributed by atoms with Gasteiger partial charge in [0.25, 0.3) is 5.91 Å². The molecule has 0 radical (unpaired) electrons. The summed E-state index contributed by atoms with van der Waals surface area (Å²) >= 11 is 5.82. The zero-order valence-electron chi connectivity index (χ0n) is 13.0. The maximum Gasteiger partial charge on any atom is 0.255 e. The normalized spacial score (nSPS) is 10.3. The Kier molecular flexibility index (Phi) is 5.84. The quantitative estimate of drug-likeness (QED) is 0.828. The van der Waals surface area contributed by atoms with E-state index in [4.69, 9.17) is 11.6 Å². The Balaban J connectivity index is 1.98. The van der Waals surface area contributed by atoms with Crippen molar-refractivity contribution in [3.63, 3.8) is 0 Å². The average molecular weight is 317 g/mol. The standard InChI is InChI=1S/C18H21ClN2O/c1-3-4-13-21(2)17-11-9-16(10-12-17)20-18(22)14-5-7-15(19)8-6-14/h5-12H,3-4,13H2,1-2H3,(H,20,22). The van der Waals surface area contributed by atoms with Gasteiger partial charge >= 0.3 is 0 Å². The van der Waals surface area contributed by atoms with E-state index in [1.54, 1.807) is 24.3 Å². The third kappa shape index (κ3) is 4.50. The van der Waals surface area contributed by atoms with Crippen LogP contribution in [0.1, 0.15) is 30.1 Å². The fraction of sp³-hybridized carbons (Fsp3) is 0.278. The molecule has 0 aliphatic rings. The van der Waals surface area contributed by atoms with Crippen molar-refractivity contribution in [1.29, 1.82) is 0 Å². The van der Waals surface area contributed by atoms with Gasteiger partial charge in [0.15, 0.2) is 0 Å². The van der Waals surface area contributed by atoms with Crippen molar-refractivity contribution in [2.24, 2.45) is 0 Å². The first-order valence-corrected chi connectivity index (χ1v) is 7.86. The third-order valence-corrected chi connectivity index (χ3v) is 3.77. The van der Waals surface area contributed by atoms with Gasteiger partial charge in [0, 0.05) is 35.6 Å². The van der Waals surface area contributed by atoms with Crippen LogP contribution >= 0.6 is 11.6 Å². The Hall–Kier alpha value is -2.00. The summed E-state index contributed by atoms with van der Waals surface area (Å²) in [4.78, 5) is 14.3. The van der Waals surface area contributed by atoms with E-state index in [-0.39, 0.29) is 5.91 Å². The first kappa shape index (κ1) is 16.4. The van der Waals surface area contributed by atoms with Crippen molar-refractivity contribution in [1.82, 2.24) is 0 Å². The van der Waals surface area contributed by atoms with E-state index in [1.807, 2.05) is 24.3 Å². The molecule has 116 valence electrons. The van der Waals surface area contributed by atoms with E-state index in [2.05, 4.69) is 24.2 Å². The van der Waals surface area contributed by atoms with Gasteiger partial charge in [0.2, 0.25) is 0 Å². The van der Waals surface area contributed by atoms with Crippen LogP contribution in [0.25, 0.3) is 0 Å². The Morgan fingerprint density at radius 1 is 1.09 bits per heavy atom. The molecule has 0 saturated carbocycles. The summed E-state index contributed by atoms with van der Waals surface area (Å²) in [5.74, 6) is -0.135. The number of carbonyl (C=O) groups is 1. The second kappa shape index (κ2) is 7.85. The number of unbranched alkanes of at least 4 members (excludes halogenated alkanes) is 1. The van der Waals surface area contributed by atoms with Crippen LogP contribution in [0.4, 0.5) is 11.4 Å². The van der Waals surface area contributed by atoms with E-state index >= 15 is 0 Å². The van der Waals surface area contributed by atoms with Crippen LogP contribution in [0.15, 0.2) is 48.5 Å². The number of anilines is 2. The number of hydrogen-bond acceptors (Lipinski definition) is 2. The smallest absolute Gasteiger partial charge is 0.255 e. The van der Waals surface area contributed by atoms with Crippen molar-refractivity contribution < 1.29 is 4.79 Å². The number of amides is 1. The van der Waals surface area contributed by atoms with Crippen LogP contribution in [0, 0.1) is 0 Å². The molecule has 0 aliphatic carbocycles. The molecule has 2 aromatic rings. The van der Waals surface area contributed by atoms with E-state index in [9.17, 15) is 4.79 Å². The zero-order valence-corrected chi connectivity index (χ0v) is 13.7. The second-order valence-electron chi connectivity index (χ2n) is 5.28. The first-order chi connectivity index (χ1) is 10.6. The summed E-state index contributed by atoms with van der Waals surface area (Å²) in [6.45, 7) is 3.22. The van der Waals surface area contributed by atoms with Gasteiger partial charge in [-0.3, -0.25) is 4.79 Å². The highest BCUT2D eigenvalue weighted by Gasteiger charge is 2.06. The maximum atomic E-state index is 12.1. The van der Waals surface area contributed by atoms with Gasteiger partial charge in [0.1, 0.15) is 0 Å². The van der Waals surface area contributed by atoms with Gasteiger partial charge in [0.05, 0.1) is 0 Å². The number of benzene rings is 2. The SMILES string of the molecule is CCCCN(C)c1ccc(NC(=O)c2ccc(Cl)cc2)cc1. The second-order valence-corrected chi connectivity index (χ2v) is 5.72. The van der Waals surface area contributed by atoms with Crippen molar-refractivity contribution >= 4 is 28.9 Å². The Morgan fingerprint density at radius 2 is 1.73 bits per heavy atom. The van der Waals surface area contributed by atoms with Crippen LogP contribution in [0.3, 0.4) is 0 Å². The molecule has 1 N–H and O–H groups in total. The molecular formula is C18H21ClN2O. The first-order valence-electron chi connectivity index (χ1n) is 7.48. The molecule has 3 nitrogen and oxygen atoms in total. The van der Waals surface area contributed by atoms with Crippen LogP contribution in [0.2, 0.25) is 5.02 Å². The minimum Gasteiger partial charge on any atom is -0.375 e. The lowest BCUT2D eigenvalue weighted by Crippen LogP contribution is -2.18. The number of rotatable bonds is 6. The fourth-order valence-corrected chi connectivity index (χ4v) is 2.25. The van der Waals surface area contributed by atoms with Crippen molar-refractivity contribution in [3.05, 3.63) is 59.1 Å². The van der Waals surface area contributed by atoms with Gasteiger partial charge in [-0.05, 0) is 55.0 Å².